The molecule has 2 atom stereocenters. The Morgan fingerprint density at radius 2 is 2.21 bits per heavy atom. The zero-order chi connectivity index (χ0) is 9.97. The van der Waals surface area contributed by atoms with Crippen LogP contribution in [0.2, 0.25) is 0 Å². The number of carbonyl (C=O) groups is 1. The van der Waals surface area contributed by atoms with Gasteiger partial charge in [-0.05, 0) is 18.6 Å². The summed E-state index contributed by atoms with van der Waals surface area (Å²) in [4.78, 5) is 10.8. The van der Waals surface area contributed by atoms with Crippen LogP contribution in [0.5, 0.6) is 0 Å². The van der Waals surface area contributed by atoms with Gasteiger partial charge in [0.05, 0.1) is 0 Å². The molecule has 1 aromatic rings. The SMILES string of the molecule is O=C(O)[C@@H]1OCC[C@@H]1Cn1cccc1. The Hall–Kier alpha value is -1.29. The smallest absolute Gasteiger partial charge is 0.333 e. The minimum absolute atomic E-state index is 0.0971. The molecule has 0 aromatic carbocycles. The lowest BCUT2D eigenvalue weighted by molar-refractivity contribution is -0.149. The van der Waals surface area contributed by atoms with Gasteiger partial charge in [0.2, 0.25) is 0 Å². The molecule has 1 aromatic heterocycles. The summed E-state index contributed by atoms with van der Waals surface area (Å²) in [6, 6.07) is 3.87. The van der Waals surface area contributed by atoms with Gasteiger partial charge >= 0.3 is 5.97 Å². The van der Waals surface area contributed by atoms with Crippen molar-refractivity contribution in [3.8, 4) is 0 Å². The fourth-order valence-corrected chi connectivity index (χ4v) is 1.86. The van der Waals surface area contributed by atoms with E-state index < -0.39 is 12.1 Å². The van der Waals surface area contributed by atoms with Crippen molar-refractivity contribution in [1.82, 2.24) is 4.57 Å². The van der Waals surface area contributed by atoms with Gasteiger partial charge in [-0.1, -0.05) is 0 Å². The van der Waals surface area contributed by atoms with Crippen molar-refractivity contribution >= 4 is 5.97 Å². The molecule has 4 heteroatoms. The van der Waals surface area contributed by atoms with Crippen LogP contribution in [0.1, 0.15) is 6.42 Å². The molecule has 1 saturated heterocycles. The van der Waals surface area contributed by atoms with Crippen LogP contribution in [0.4, 0.5) is 0 Å². The molecule has 2 rings (SSSR count). The largest absolute Gasteiger partial charge is 0.479 e. The number of carboxylic acid groups (broad SMARTS) is 1. The molecule has 2 heterocycles. The van der Waals surface area contributed by atoms with Crippen molar-refractivity contribution in [2.75, 3.05) is 6.61 Å². The third kappa shape index (κ3) is 1.80. The summed E-state index contributed by atoms with van der Waals surface area (Å²) in [7, 11) is 0. The average Bonchev–Trinajstić information content (AvgIpc) is 2.75. The normalized spacial score (nSPS) is 26.6. The van der Waals surface area contributed by atoms with Crippen molar-refractivity contribution in [3.05, 3.63) is 24.5 Å². The molecule has 0 spiro atoms. The summed E-state index contributed by atoms with van der Waals surface area (Å²) in [5.74, 6) is -0.750. The highest BCUT2D eigenvalue weighted by Gasteiger charge is 2.33. The van der Waals surface area contributed by atoms with Crippen LogP contribution in [-0.2, 0) is 16.1 Å². The summed E-state index contributed by atoms with van der Waals surface area (Å²) >= 11 is 0. The minimum Gasteiger partial charge on any atom is -0.479 e. The van der Waals surface area contributed by atoms with Gasteiger partial charge in [-0.15, -0.1) is 0 Å². The summed E-state index contributed by atoms with van der Waals surface area (Å²) in [6.07, 6.45) is 4.08. The third-order valence-corrected chi connectivity index (χ3v) is 2.57. The van der Waals surface area contributed by atoms with Crippen molar-refractivity contribution in [2.24, 2.45) is 5.92 Å². The first kappa shape index (κ1) is 9.27. The van der Waals surface area contributed by atoms with Crippen LogP contribution >= 0.6 is 0 Å². The highest BCUT2D eigenvalue weighted by atomic mass is 16.5. The molecule has 0 unspecified atom stereocenters. The first-order chi connectivity index (χ1) is 6.77. The number of hydrogen-bond acceptors (Lipinski definition) is 2. The van der Waals surface area contributed by atoms with E-state index >= 15 is 0 Å². The lowest BCUT2D eigenvalue weighted by Gasteiger charge is -2.14. The molecule has 0 amide bonds. The predicted molar refractivity (Wildman–Crippen MR) is 49.9 cm³/mol. The Labute approximate surface area is 82.1 Å². The minimum atomic E-state index is -0.848. The van der Waals surface area contributed by atoms with Gasteiger partial charge in [0.1, 0.15) is 0 Å². The molecule has 0 aliphatic carbocycles. The first-order valence-electron chi connectivity index (χ1n) is 4.72. The Morgan fingerprint density at radius 1 is 1.50 bits per heavy atom. The Bertz CT molecular complexity index is 307. The Morgan fingerprint density at radius 3 is 2.86 bits per heavy atom. The van der Waals surface area contributed by atoms with E-state index in [0.29, 0.717) is 6.61 Å². The van der Waals surface area contributed by atoms with Gasteiger partial charge < -0.3 is 14.4 Å². The number of nitrogens with zero attached hydrogens (tertiary/aromatic N) is 1. The molecule has 0 saturated carbocycles. The average molecular weight is 195 g/mol. The van der Waals surface area contributed by atoms with Crippen molar-refractivity contribution in [3.63, 3.8) is 0 Å². The van der Waals surface area contributed by atoms with Gasteiger partial charge in [0.25, 0.3) is 0 Å². The van der Waals surface area contributed by atoms with E-state index in [2.05, 4.69) is 0 Å². The van der Waals surface area contributed by atoms with E-state index in [4.69, 9.17) is 9.84 Å². The quantitative estimate of drug-likeness (QED) is 0.782. The second-order valence-corrected chi connectivity index (χ2v) is 3.56. The predicted octanol–water partition coefficient (Wildman–Crippen LogP) is 0.978. The van der Waals surface area contributed by atoms with E-state index in [1.165, 1.54) is 0 Å². The van der Waals surface area contributed by atoms with E-state index in [9.17, 15) is 4.79 Å². The van der Waals surface area contributed by atoms with E-state index in [-0.39, 0.29) is 5.92 Å². The van der Waals surface area contributed by atoms with Crippen molar-refractivity contribution in [1.29, 1.82) is 0 Å². The van der Waals surface area contributed by atoms with Crippen LogP contribution < -0.4 is 0 Å². The molecule has 76 valence electrons. The number of rotatable bonds is 3. The summed E-state index contributed by atoms with van der Waals surface area (Å²) in [5.41, 5.74) is 0. The van der Waals surface area contributed by atoms with Crippen LogP contribution in [-0.4, -0.2) is 28.4 Å². The zero-order valence-electron chi connectivity index (χ0n) is 7.80. The van der Waals surface area contributed by atoms with Gasteiger partial charge in [-0.25, -0.2) is 4.79 Å². The summed E-state index contributed by atoms with van der Waals surface area (Å²) < 4.78 is 7.16. The molecule has 14 heavy (non-hydrogen) atoms. The highest BCUT2D eigenvalue weighted by Crippen LogP contribution is 2.22. The monoisotopic (exact) mass is 195 g/mol. The molecule has 1 aliphatic rings. The standard InChI is InChI=1S/C10H13NO3/c12-10(13)9-8(3-6-14-9)7-11-4-1-2-5-11/h1-2,4-5,8-9H,3,6-7H2,(H,12,13)/t8-,9-/m1/s1. The van der Waals surface area contributed by atoms with Crippen LogP contribution in [0.15, 0.2) is 24.5 Å². The van der Waals surface area contributed by atoms with E-state index in [0.717, 1.165) is 13.0 Å². The fourth-order valence-electron chi connectivity index (χ4n) is 1.86. The topological polar surface area (TPSA) is 51.5 Å². The Kier molecular flexibility index (Phi) is 2.54. The van der Waals surface area contributed by atoms with Crippen LogP contribution in [0.25, 0.3) is 0 Å². The van der Waals surface area contributed by atoms with E-state index in [1.54, 1.807) is 0 Å². The molecule has 1 fully saturated rings. The molecule has 0 bridgehead atoms. The molecule has 0 radical (unpaired) electrons. The van der Waals surface area contributed by atoms with Crippen LogP contribution in [0, 0.1) is 5.92 Å². The third-order valence-electron chi connectivity index (χ3n) is 2.57. The second kappa shape index (κ2) is 3.84. The number of hydrogen-bond donors (Lipinski definition) is 1. The number of aromatic nitrogens is 1. The van der Waals surface area contributed by atoms with Gasteiger partial charge in [0.15, 0.2) is 6.10 Å². The van der Waals surface area contributed by atoms with Crippen molar-refractivity contribution in [2.45, 2.75) is 19.1 Å². The highest BCUT2D eigenvalue weighted by molar-refractivity contribution is 5.73. The molecular formula is C10H13NO3. The maximum Gasteiger partial charge on any atom is 0.333 e. The Balaban J connectivity index is 2.00. The van der Waals surface area contributed by atoms with Crippen molar-refractivity contribution < 1.29 is 14.6 Å². The van der Waals surface area contributed by atoms with Gasteiger partial charge in [-0.3, -0.25) is 0 Å². The summed E-state index contributed by atoms with van der Waals surface area (Å²) in [5, 5.41) is 8.88. The fraction of sp³-hybridized carbons (Fsp3) is 0.500. The molecule has 4 nitrogen and oxygen atoms in total. The zero-order valence-corrected chi connectivity index (χ0v) is 7.80. The van der Waals surface area contributed by atoms with Gasteiger partial charge in [-0.2, -0.15) is 0 Å². The lowest BCUT2D eigenvalue weighted by Crippen LogP contribution is -2.28. The number of aliphatic carboxylic acids is 1. The molecular weight excluding hydrogens is 182 g/mol. The maximum atomic E-state index is 10.8. The second-order valence-electron chi connectivity index (χ2n) is 3.56. The lowest BCUT2D eigenvalue weighted by atomic mass is 10.0. The van der Waals surface area contributed by atoms with Gasteiger partial charge in [0, 0.05) is 31.5 Å². The molecule has 1 N–H and O–H groups in total. The number of ether oxygens (including phenoxy) is 1. The summed E-state index contributed by atoms with van der Waals surface area (Å²) in [6.45, 7) is 1.28. The maximum absolute atomic E-state index is 10.8. The first-order valence-corrected chi connectivity index (χ1v) is 4.72. The number of carboxylic acids is 1. The van der Waals surface area contributed by atoms with E-state index in [1.807, 2.05) is 29.1 Å². The molecule has 1 aliphatic heterocycles. The van der Waals surface area contributed by atoms with Crippen LogP contribution in [0.3, 0.4) is 0 Å².